The van der Waals surface area contributed by atoms with Crippen molar-refractivity contribution in [2.75, 3.05) is 31.1 Å². The van der Waals surface area contributed by atoms with Crippen molar-refractivity contribution >= 4 is 15.8 Å². The van der Waals surface area contributed by atoms with Gasteiger partial charge in [0.2, 0.25) is 10.0 Å². The molecule has 0 amide bonds. The fourth-order valence-corrected chi connectivity index (χ4v) is 3.83. The van der Waals surface area contributed by atoms with Crippen LogP contribution in [0.3, 0.4) is 0 Å². The summed E-state index contributed by atoms with van der Waals surface area (Å²) in [5.41, 5.74) is 0. The van der Waals surface area contributed by atoms with Crippen molar-refractivity contribution in [3.63, 3.8) is 0 Å². The first-order chi connectivity index (χ1) is 11.0. The number of benzene rings is 1. The number of sulfonamides is 1. The number of aromatic nitrogens is 2. The Kier molecular flexibility index (Phi) is 4.22. The molecule has 1 aromatic heterocycles. The van der Waals surface area contributed by atoms with Gasteiger partial charge >= 0.3 is 0 Å². The van der Waals surface area contributed by atoms with E-state index in [2.05, 4.69) is 9.97 Å². The van der Waals surface area contributed by atoms with Crippen molar-refractivity contribution in [3.8, 4) is 0 Å². The molecule has 0 N–H and O–H groups in total. The number of halogens is 2. The van der Waals surface area contributed by atoms with E-state index in [1.807, 2.05) is 4.90 Å². The minimum absolute atomic E-state index is 0.234. The van der Waals surface area contributed by atoms with E-state index in [1.54, 1.807) is 18.6 Å². The Hall–Kier alpha value is -2.13. The summed E-state index contributed by atoms with van der Waals surface area (Å²) in [4.78, 5) is 9.83. The maximum absolute atomic E-state index is 13.3. The van der Waals surface area contributed by atoms with E-state index < -0.39 is 21.7 Å². The number of rotatable bonds is 3. The van der Waals surface area contributed by atoms with E-state index in [4.69, 9.17) is 0 Å². The highest BCUT2D eigenvalue weighted by molar-refractivity contribution is 7.89. The van der Waals surface area contributed by atoms with Crippen LogP contribution in [0.15, 0.2) is 41.7 Å². The molecule has 0 unspecified atom stereocenters. The van der Waals surface area contributed by atoms with Gasteiger partial charge in [-0.15, -0.1) is 0 Å². The Morgan fingerprint density at radius 3 is 2.35 bits per heavy atom. The van der Waals surface area contributed by atoms with Crippen LogP contribution in [0, 0.1) is 11.6 Å². The number of piperazine rings is 1. The van der Waals surface area contributed by atoms with Gasteiger partial charge in [0.15, 0.2) is 11.6 Å². The predicted octanol–water partition coefficient (Wildman–Crippen LogP) is 1.27. The zero-order valence-corrected chi connectivity index (χ0v) is 12.9. The van der Waals surface area contributed by atoms with Gasteiger partial charge in [0, 0.05) is 38.6 Å². The third kappa shape index (κ3) is 3.15. The SMILES string of the molecule is O=S(=O)(c1ccc(F)c(F)c1)N1CCN(c2cnccn2)CC1. The molecular weight excluding hydrogens is 326 g/mol. The van der Waals surface area contributed by atoms with E-state index in [1.165, 1.54) is 4.31 Å². The topological polar surface area (TPSA) is 66.4 Å². The third-order valence-corrected chi connectivity index (χ3v) is 5.54. The smallest absolute Gasteiger partial charge is 0.243 e. The molecule has 1 aliphatic rings. The second kappa shape index (κ2) is 6.17. The zero-order chi connectivity index (χ0) is 16.4. The van der Waals surface area contributed by atoms with Gasteiger partial charge in [0.1, 0.15) is 5.82 Å². The fraction of sp³-hybridized carbons (Fsp3) is 0.286. The lowest BCUT2D eigenvalue weighted by Crippen LogP contribution is -2.48. The Morgan fingerprint density at radius 2 is 1.74 bits per heavy atom. The van der Waals surface area contributed by atoms with E-state index >= 15 is 0 Å². The molecule has 2 aromatic rings. The number of anilines is 1. The van der Waals surface area contributed by atoms with Gasteiger partial charge in [-0.3, -0.25) is 4.98 Å². The van der Waals surface area contributed by atoms with E-state index in [0.29, 0.717) is 25.0 Å². The lowest BCUT2D eigenvalue weighted by Gasteiger charge is -2.34. The largest absolute Gasteiger partial charge is 0.353 e. The quantitative estimate of drug-likeness (QED) is 0.842. The highest BCUT2D eigenvalue weighted by atomic mass is 32.2. The van der Waals surface area contributed by atoms with Crippen LogP contribution in [0.4, 0.5) is 14.6 Å². The van der Waals surface area contributed by atoms with Crippen LogP contribution in [0.1, 0.15) is 0 Å². The van der Waals surface area contributed by atoms with Gasteiger partial charge in [-0.1, -0.05) is 0 Å². The van der Waals surface area contributed by atoms with Crippen molar-refractivity contribution in [3.05, 3.63) is 48.4 Å². The predicted molar refractivity (Wildman–Crippen MR) is 79.4 cm³/mol. The van der Waals surface area contributed by atoms with Crippen LogP contribution in [0.5, 0.6) is 0 Å². The molecule has 3 rings (SSSR count). The summed E-state index contributed by atoms with van der Waals surface area (Å²) in [5.74, 6) is -1.57. The molecule has 1 aromatic carbocycles. The monoisotopic (exact) mass is 340 g/mol. The van der Waals surface area contributed by atoms with Gasteiger partial charge in [-0.25, -0.2) is 22.2 Å². The molecule has 1 saturated heterocycles. The number of hydrogen-bond donors (Lipinski definition) is 0. The van der Waals surface area contributed by atoms with Gasteiger partial charge < -0.3 is 4.90 Å². The first-order valence-electron chi connectivity index (χ1n) is 6.94. The second-order valence-electron chi connectivity index (χ2n) is 5.03. The molecule has 9 heteroatoms. The average Bonchev–Trinajstić information content (AvgIpc) is 2.58. The van der Waals surface area contributed by atoms with Crippen molar-refractivity contribution in [1.29, 1.82) is 0 Å². The lowest BCUT2D eigenvalue weighted by atomic mass is 10.3. The molecule has 0 atom stereocenters. The zero-order valence-electron chi connectivity index (χ0n) is 12.1. The second-order valence-corrected chi connectivity index (χ2v) is 6.97. The van der Waals surface area contributed by atoms with Crippen LogP contribution >= 0.6 is 0 Å². The van der Waals surface area contributed by atoms with E-state index in [-0.39, 0.29) is 18.0 Å². The van der Waals surface area contributed by atoms with Crippen LogP contribution in [0.25, 0.3) is 0 Å². The van der Waals surface area contributed by atoms with E-state index in [0.717, 1.165) is 12.1 Å². The number of hydrogen-bond acceptors (Lipinski definition) is 5. The summed E-state index contributed by atoms with van der Waals surface area (Å²) in [5, 5.41) is 0. The molecule has 2 heterocycles. The van der Waals surface area contributed by atoms with Gasteiger partial charge in [0.05, 0.1) is 11.1 Å². The molecule has 0 bridgehead atoms. The molecule has 1 fully saturated rings. The van der Waals surface area contributed by atoms with Crippen molar-refractivity contribution in [2.24, 2.45) is 0 Å². The Bertz CT molecular complexity index is 794. The van der Waals surface area contributed by atoms with E-state index in [9.17, 15) is 17.2 Å². The molecule has 0 spiro atoms. The summed E-state index contributed by atoms with van der Waals surface area (Å²) in [7, 11) is -3.84. The fourth-order valence-electron chi connectivity index (χ4n) is 2.40. The van der Waals surface area contributed by atoms with Crippen molar-refractivity contribution in [2.45, 2.75) is 4.90 Å². The van der Waals surface area contributed by atoms with Crippen LogP contribution in [-0.4, -0.2) is 48.9 Å². The van der Waals surface area contributed by atoms with Gasteiger partial charge in [-0.2, -0.15) is 4.31 Å². The minimum Gasteiger partial charge on any atom is -0.353 e. The molecule has 0 saturated carbocycles. The summed E-state index contributed by atoms with van der Waals surface area (Å²) in [6, 6.07) is 2.60. The molecule has 1 aliphatic heterocycles. The highest BCUT2D eigenvalue weighted by Gasteiger charge is 2.29. The summed E-state index contributed by atoms with van der Waals surface area (Å²) in [6.07, 6.45) is 4.74. The summed E-state index contributed by atoms with van der Waals surface area (Å²) in [6.45, 7) is 1.36. The molecule has 0 aliphatic carbocycles. The summed E-state index contributed by atoms with van der Waals surface area (Å²) < 4.78 is 52.5. The summed E-state index contributed by atoms with van der Waals surface area (Å²) >= 11 is 0. The highest BCUT2D eigenvalue weighted by Crippen LogP contribution is 2.21. The van der Waals surface area contributed by atoms with Gasteiger partial charge in [0.25, 0.3) is 0 Å². The first kappa shape index (κ1) is 15.8. The van der Waals surface area contributed by atoms with Crippen molar-refractivity contribution in [1.82, 2.24) is 14.3 Å². The Morgan fingerprint density at radius 1 is 1.00 bits per heavy atom. The molecule has 0 radical (unpaired) electrons. The Balaban J connectivity index is 1.75. The van der Waals surface area contributed by atoms with Crippen molar-refractivity contribution < 1.29 is 17.2 Å². The van der Waals surface area contributed by atoms with Crippen LogP contribution < -0.4 is 4.90 Å². The average molecular weight is 340 g/mol. The molecule has 6 nitrogen and oxygen atoms in total. The maximum atomic E-state index is 13.3. The third-order valence-electron chi connectivity index (χ3n) is 3.64. The first-order valence-corrected chi connectivity index (χ1v) is 8.38. The van der Waals surface area contributed by atoms with Gasteiger partial charge in [-0.05, 0) is 18.2 Å². The van der Waals surface area contributed by atoms with Crippen LogP contribution in [-0.2, 0) is 10.0 Å². The normalized spacial score (nSPS) is 16.5. The molecule has 23 heavy (non-hydrogen) atoms. The Labute approximate surface area is 132 Å². The lowest BCUT2D eigenvalue weighted by molar-refractivity contribution is 0.383. The minimum atomic E-state index is -3.84. The maximum Gasteiger partial charge on any atom is 0.243 e. The standard InChI is InChI=1S/C14H14F2N4O2S/c15-12-2-1-11(9-13(12)16)23(21,22)20-7-5-19(6-8-20)14-10-17-3-4-18-14/h1-4,9-10H,5-8H2. The van der Waals surface area contributed by atoms with Crippen LogP contribution in [0.2, 0.25) is 0 Å². The number of nitrogens with zero attached hydrogens (tertiary/aromatic N) is 4. The molecular formula is C14H14F2N4O2S. The molecule has 122 valence electrons.